The summed E-state index contributed by atoms with van der Waals surface area (Å²) in [7, 11) is 0. The van der Waals surface area contributed by atoms with Crippen molar-refractivity contribution in [3.05, 3.63) is 0 Å². The summed E-state index contributed by atoms with van der Waals surface area (Å²) in [5.41, 5.74) is 5.53. The molecule has 14 heavy (non-hydrogen) atoms. The van der Waals surface area contributed by atoms with E-state index in [0.717, 1.165) is 0 Å². The van der Waals surface area contributed by atoms with Crippen LogP contribution in [-0.4, -0.2) is 36.2 Å². The third-order valence-corrected chi connectivity index (χ3v) is 2.84. The molecule has 5 heteroatoms. The van der Waals surface area contributed by atoms with E-state index in [1.54, 1.807) is 0 Å². The average Bonchev–Trinajstić information content (AvgIpc) is 2.01. The number of rotatable bonds is 1. The Bertz CT molecular complexity index is 191. The minimum absolute atomic E-state index is 0.128. The monoisotopic (exact) mass is 210 g/mol. The highest BCUT2D eigenvalue weighted by Crippen LogP contribution is 2.33. The van der Waals surface area contributed by atoms with E-state index in [1.807, 2.05) is 18.7 Å². The van der Waals surface area contributed by atoms with Crippen molar-refractivity contribution < 1.29 is 13.2 Å². The van der Waals surface area contributed by atoms with Crippen LogP contribution in [0.2, 0.25) is 0 Å². The van der Waals surface area contributed by atoms with Crippen LogP contribution in [0.3, 0.4) is 0 Å². The van der Waals surface area contributed by atoms with Crippen LogP contribution in [0.15, 0.2) is 0 Å². The molecule has 1 saturated heterocycles. The Morgan fingerprint density at radius 2 is 1.93 bits per heavy atom. The molecule has 0 aromatic carbocycles. The summed E-state index contributed by atoms with van der Waals surface area (Å²) in [6.45, 7) is 4.79. The van der Waals surface area contributed by atoms with Crippen molar-refractivity contribution in [1.82, 2.24) is 4.90 Å². The molecule has 1 aliphatic heterocycles. The zero-order valence-corrected chi connectivity index (χ0v) is 8.51. The number of nitrogens with two attached hydrogens (primary N) is 1. The normalized spacial score (nSPS) is 31.1. The van der Waals surface area contributed by atoms with Gasteiger partial charge in [0.2, 0.25) is 0 Å². The Morgan fingerprint density at radius 3 is 2.29 bits per heavy atom. The number of likely N-dealkylation sites (tertiary alicyclic amines) is 1. The van der Waals surface area contributed by atoms with Crippen molar-refractivity contribution in [3.63, 3.8) is 0 Å². The van der Waals surface area contributed by atoms with Gasteiger partial charge >= 0.3 is 6.18 Å². The predicted molar refractivity (Wildman–Crippen MR) is 48.8 cm³/mol. The second kappa shape index (κ2) is 4.06. The summed E-state index contributed by atoms with van der Waals surface area (Å²) in [4.78, 5) is 1.99. The number of halogens is 3. The maximum atomic E-state index is 12.4. The van der Waals surface area contributed by atoms with E-state index in [0.29, 0.717) is 13.1 Å². The molecule has 84 valence electrons. The number of hydrogen-bond donors (Lipinski definition) is 1. The smallest absolute Gasteiger partial charge is 0.326 e. The summed E-state index contributed by atoms with van der Waals surface area (Å²) in [5.74, 6) is -1.32. The number of hydrogen-bond acceptors (Lipinski definition) is 2. The summed E-state index contributed by atoms with van der Waals surface area (Å²) in [6.07, 6.45) is -4.01. The first-order valence-corrected chi connectivity index (χ1v) is 4.88. The Labute approximate surface area is 82.2 Å². The van der Waals surface area contributed by atoms with Crippen LogP contribution in [0.1, 0.15) is 20.3 Å². The topological polar surface area (TPSA) is 29.3 Å². The number of piperidine rings is 1. The van der Waals surface area contributed by atoms with Crippen molar-refractivity contribution in [2.75, 3.05) is 13.1 Å². The number of nitrogens with zero attached hydrogens (tertiary/aromatic N) is 1. The molecule has 1 heterocycles. The van der Waals surface area contributed by atoms with Crippen LogP contribution in [0.4, 0.5) is 13.2 Å². The van der Waals surface area contributed by atoms with Gasteiger partial charge in [-0.05, 0) is 26.8 Å². The van der Waals surface area contributed by atoms with Gasteiger partial charge < -0.3 is 5.73 Å². The summed E-state index contributed by atoms with van der Waals surface area (Å²) in [6, 6.07) is -0.499. The van der Waals surface area contributed by atoms with Gasteiger partial charge in [-0.2, -0.15) is 13.2 Å². The Morgan fingerprint density at radius 1 is 1.36 bits per heavy atom. The van der Waals surface area contributed by atoms with Crippen LogP contribution in [-0.2, 0) is 0 Å². The molecule has 0 aliphatic carbocycles. The van der Waals surface area contributed by atoms with Gasteiger partial charge in [0, 0.05) is 18.6 Å². The summed E-state index contributed by atoms with van der Waals surface area (Å²) >= 11 is 0. The minimum Gasteiger partial charge on any atom is -0.326 e. The second-order valence-electron chi connectivity index (χ2n) is 4.19. The van der Waals surface area contributed by atoms with E-state index >= 15 is 0 Å². The van der Waals surface area contributed by atoms with E-state index in [4.69, 9.17) is 5.73 Å². The predicted octanol–water partition coefficient (Wildman–Crippen LogP) is 1.61. The van der Waals surface area contributed by atoms with Crippen LogP contribution >= 0.6 is 0 Å². The van der Waals surface area contributed by atoms with Crippen LogP contribution in [0, 0.1) is 5.92 Å². The lowest BCUT2D eigenvalue weighted by Gasteiger charge is -2.39. The molecule has 0 bridgehead atoms. The van der Waals surface area contributed by atoms with Crippen molar-refractivity contribution >= 4 is 0 Å². The summed E-state index contributed by atoms with van der Waals surface area (Å²) in [5, 5.41) is 0. The van der Waals surface area contributed by atoms with Crippen LogP contribution in [0.5, 0.6) is 0 Å². The quantitative estimate of drug-likeness (QED) is 0.712. The van der Waals surface area contributed by atoms with Crippen LogP contribution < -0.4 is 5.73 Å². The SMILES string of the molecule is CC(C)N1CC[C@@H](C(F)(F)F)[C@@H](N)C1. The molecule has 1 rings (SSSR count). The zero-order chi connectivity index (χ0) is 10.9. The highest BCUT2D eigenvalue weighted by molar-refractivity contribution is 4.88. The van der Waals surface area contributed by atoms with Gasteiger partial charge in [-0.1, -0.05) is 0 Å². The van der Waals surface area contributed by atoms with Crippen LogP contribution in [0.25, 0.3) is 0 Å². The number of alkyl halides is 3. The Kier molecular flexibility index (Phi) is 3.42. The largest absolute Gasteiger partial charge is 0.393 e. The molecule has 0 amide bonds. The molecule has 0 saturated carbocycles. The van der Waals surface area contributed by atoms with Gasteiger partial charge in [-0.25, -0.2) is 0 Å². The lowest BCUT2D eigenvalue weighted by Crippen LogP contribution is -2.54. The summed E-state index contributed by atoms with van der Waals surface area (Å²) < 4.78 is 37.3. The third kappa shape index (κ3) is 2.60. The Balaban J connectivity index is 2.56. The van der Waals surface area contributed by atoms with E-state index < -0.39 is 18.1 Å². The van der Waals surface area contributed by atoms with E-state index in [9.17, 15) is 13.2 Å². The first kappa shape index (κ1) is 11.8. The van der Waals surface area contributed by atoms with Gasteiger partial charge in [-0.15, -0.1) is 0 Å². The van der Waals surface area contributed by atoms with Gasteiger partial charge in [0.15, 0.2) is 0 Å². The van der Waals surface area contributed by atoms with Gasteiger partial charge in [0.25, 0.3) is 0 Å². The lowest BCUT2D eigenvalue weighted by molar-refractivity contribution is -0.190. The molecule has 0 radical (unpaired) electrons. The lowest BCUT2D eigenvalue weighted by atomic mass is 9.91. The van der Waals surface area contributed by atoms with Gasteiger partial charge in [0.1, 0.15) is 0 Å². The van der Waals surface area contributed by atoms with E-state index in [-0.39, 0.29) is 12.5 Å². The molecule has 2 nitrogen and oxygen atoms in total. The van der Waals surface area contributed by atoms with Gasteiger partial charge in [-0.3, -0.25) is 4.90 Å². The molecule has 1 aliphatic rings. The fourth-order valence-electron chi connectivity index (χ4n) is 1.88. The molecular weight excluding hydrogens is 193 g/mol. The average molecular weight is 210 g/mol. The minimum atomic E-state index is -4.14. The first-order chi connectivity index (χ1) is 6.32. The maximum absolute atomic E-state index is 12.4. The van der Waals surface area contributed by atoms with E-state index in [1.165, 1.54) is 0 Å². The standard InChI is InChI=1S/C9H17F3N2/c1-6(2)14-4-3-7(8(13)5-14)9(10,11)12/h6-8H,3-5,13H2,1-2H3/t7-,8+/m1/s1. The molecule has 0 aromatic rings. The van der Waals surface area contributed by atoms with Crippen molar-refractivity contribution in [2.24, 2.45) is 11.7 Å². The molecule has 1 fully saturated rings. The van der Waals surface area contributed by atoms with Crippen molar-refractivity contribution in [2.45, 2.75) is 38.5 Å². The molecule has 0 spiro atoms. The maximum Gasteiger partial charge on any atom is 0.393 e. The van der Waals surface area contributed by atoms with Crippen molar-refractivity contribution in [1.29, 1.82) is 0 Å². The Hall–Kier alpha value is -0.290. The second-order valence-corrected chi connectivity index (χ2v) is 4.19. The highest BCUT2D eigenvalue weighted by atomic mass is 19.4. The fraction of sp³-hybridized carbons (Fsp3) is 1.00. The highest BCUT2D eigenvalue weighted by Gasteiger charge is 2.45. The molecular formula is C9H17F3N2. The van der Waals surface area contributed by atoms with Gasteiger partial charge in [0.05, 0.1) is 5.92 Å². The first-order valence-electron chi connectivity index (χ1n) is 4.88. The van der Waals surface area contributed by atoms with Crippen molar-refractivity contribution in [3.8, 4) is 0 Å². The fourth-order valence-corrected chi connectivity index (χ4v) is 1.88. The third-order valence-electron chi connectivity index (χ3n) is 2.84. The molecule has 0 unspecified atom stereocenters. The zero-order valence-electron chi connectivity index (χ0n) is 8.51. The molecule has 2 atom stereocenters. The van der Waals surface area contributed by atoms with E-state index in [2.05, 4.69) is 0 Å². The molecule has 2 N–H and O–H groups in total. The molecule has 0 aromatic heterocycles.